The third kappa shape index (κ3) is 4.86. The highest BCUT2D eigenvalue weighted by Crippen LogP contribution is 2.51. The van der Waals surface area contributed by atoms with Gasteiger partial charge in [-0.25, -0.2) is 0 Å². The molecule has 272 valence electrons. The van der Waals surface area contributed by atoms with Crippen LogP contribution in [0.25, 0.3) is 110 Å². The maximum atomic E-state index is 6.35. The van der Waals surface area contributed by atoms with E-state index < -0.39 is 0 Å². The first-order chi connectivity index (χ1) is 28.5. The fourth-order valence-corrected chi connectivity index (χ4v) is 9.58. The van der Waals surface area contributed by atoms with Crippen molar-refractivity contribution in [1.82, 2.24) is 9.97 Å². The van der Waals surface area contributed by atoms with E-state index in [0.29, 0.717) is 0 Å². The van der Waals surface area contributed by atoms with Crippen LogP contribution in [0, 0.1) is 0 Å². The molecule has 11 aromatic rings. The summed E-state index contributed by atoms with van der Waals surface area (Å²) in [6, 6.07) is 61.9. The summed E-state index contributed by atoms with van der Waals surface area (Å²) < 4.78 is 6.35. The van der Waals surface area contributed by atoms with Crippen molar-refractivity contribution in [3.63, 3.8) is 0 Å². The highest BCUT2D eigenvalue weighted by atomic mass is 16.3. The van der Waals surface area contributed by atoms with Gasteiger partial charge in [0.15, 0.2) is 0 Å². The molecule has 0 N–H and O–H groups in total. The lowest BCUT2D eigenvalue weighted by molar-refractivity contribution is 0.661. The Hall–Kier alpha value is -7.36. The third-order valence-corrected chi connectivity index (χ3v) is 12.6. The van der Waals surface area contributed by atoms with Crippen LogP contribution in [0.5, 0.6) is 0 Å². The van der Waals surface area contributed by atoms with E-state index in [4.69, 9.17) is 14.4 Å². The van der Waals surface area contributed by atoms with Crippen LogP contribution in [0.1, 0.15) is 25.0 Å². The Morgan fingerprint density at radius 2 is 0.845 bits per heavy atom. The van der Waals surface area contributed by atoms with E-state index >= 15 is 0 Å². The van der Waals surface area contributed by atoms with Gasteiger partial charge in [-0.3, -0.25) is 9.97 Å². The number of nitrogens with zero attached hydrogens (tertiary/aromatic N) is 2. The van der Waals surface area contributed by atoms with Gasteiger partial charge in [0.25, 0.3) is 0 Å². The molecule has 0 bridgehead atoms. The number of fused-ring (bicyclic) bond motifs is 12. The molecule has 0 aliphatic heterocycles. The Morgan fingerprint density at radius 3 is 1.48 bits per heavy atom. The summed E-state index contributed by atoms with van der Waals surface area (Å²) in [6.45, 7) is 4.73. The van der Waals surface area contributed by atoms with E-state index in [1.54, 1.807) is 12.4 Å². The number of furan rings is 1. The molecule has 0 fully saturated rings. The summed E-state index contributed by atoms with van der Waals surface area (Å²) in [4.78, 5) is 9.43. The second-order valence-corrected chi connectivity index (χ2v) is 16.1. The van der Waals surface area contributed by atoms with E-state index in [9.17, 15) is 0 Å². The Morgan fingerprint density at radius 1 is 0.362 bits per heavy atom. The lowest BCUT2D eigenvalue weighted by Gasteiger charge is -2.22. The molecular formula is C55H36N2O. The average Bonchev–Trinajstić information content (AvgIpc) is 3.78. The van der Waals surface area contributed by atoms with Crippen molar-refractivity contribution < 1.29 is 4.42 Å². The molecule has 2 aromatic heterocycles. The largest absolute Gasteiger partial charge is 0.455 e. The predicted molar refractivity (Wildman–Crippen MR) is 241 cm³/mol. The van der Waals surface area contributed by atoms with E-state index in [1.807, 2.05) is 12.1 Å². The van der Waals surface area contributed by atoms with E-state index in [2.05, 4.69) is 172 Å². The van der Waals surface area contributed by atoms with Crippen LogP contribution in [0.3, 0.4) is 0 Å². The molecule has 0 amide bonds. The molecule has 0 atom stereocenters. The molecule has 12 rings (SSSR count). The van der Waals surface area contributed by atoms with Gasteiger partial charge in [0, 0.05) is 44.9 Å². The molecule has 0 radical (unpaired) electrons. The first kappa shape index (κ1) is 32.8. The Kier molecular flexibility index (Phi) is 6.98. The molecular weight excluding hydrogens is 705 g/mol. The predicted octanol–water partition coefficient (Wildman–Crippen LogP) is 14.8. The van der Waals surface area contributed by atoms with Gasteiger partial charge in [-0.05, 0) is 96.2 Å². The SMILES string of the molecule is CC1(C)c2cc(-c3ccc(-c4ccc5c(c4)c4ccccc4c4nccnc54)cc3)ccc2-c2ccc(-c3ccc(-c4cccc5c4oc4ccccc45)cc3)cc21. The van der Waals surface area contributed by atoms with E-state index in [0.717, 1.165) is 54.9 Å². The molecule has 58 heavy (non-hydrogen) atoms. The summed E-state index contributed by atoms with van der Waals surface area (Å²) in [6.07, 6.45) is 3.56. The summed E-state index contributed by atoms with van der Waals surface area (Å²) in [7, 11) is 0. The fraction of sp³-hybridized carbons (Fsp3) is 0.0545. The second kappa shape index (κ2) is 12.3. The normalized spacial score (nSPS) is 13.1. The van der Waals surface area contributed by atoms with Gasteiger partial charge in [-0.2, -0.15) is 0 Å². The average molecular weight is 741 g/mol. The number of para-hydroxylation sites is 2. The zero-order valence-corrected chi connectivity index (χ0v) is 32.1. The maximum absolute atomic E-state index is 6.35. The minimum absolute atomic E-state index is 0.143. The van der Waals surface area contributed by atoms with Gasteiger partial charge < -0.3 is 4.42 Å². The van der Waals surface area contributed by atoms with Crippen LogP contribution in [0.4, 0.5) is 0 Å². The Labute approximate surface area is 335 Å². The summed E-state index contributed by atoms with van der Waals surface area (Å²) in [5, 5.41) is 6.96. The smallest absolute Gasteiger partial charge is 0.143 e. The van der Waals surface area contributed by atoms with Crippen molar-refractivity contribution in [3.8, 4) is 55.6 Å². The van der Waals surface area contributed by atoms with Crippen LogP contribution in [0.2, 0.25) is 0 Å². The van der Waals surface area contributed by atoms with Crippen LogP contribution in [-0.4, -0.2) is 9.97 Å². The molecule has 1 aliphatic rings. The first-order valence-electron chi connectivity index (χ1n) is 20.0. The fourth-order valence-electron chi connectivity index (χ4n) is 9.58. The van der Waals surface area contributed by atoms with Crippen molar-refractivity contribution in [2.75, 3.05) is 0 Å². The Bertz CT molecular complexity index is 3430. The maximum Gasteiger partial charge on any atom is 0.143 e. The van der Waals surface area contributed by atoms with Gasteiger partial charge in [0.2, 0.25) is 0 Å². The second-order valence-electron chi connectivity index (χ2n) is 16.1. The molecule has 2 heterocycles. The number of aromatic nitrogens is 2. The van der Waals surface area contributed by atoms with Crippen molar-refractivity contribution in [3.05, 3.63) is 193 Å². The van der Waals surface area contributed by atoms with Crippen molar-refractivity contribution in [2.24, 2.45) is 0 Å². The van der Waals surface area contributed by atoms with Crippen molar-refractivity contribution in [1.29, 1.82) is 0 Å². The standard InChI is InChI=1S/C55H36N2O/c1-55(2)49-31-38(34-16-14-33(15-17-34)37-24-27-46-48(30-37)41-8-3-4-10-45(41)52-53(46)57-29-28-56-52)22-25-42(49)43-26-23-39(32-50(43)55)35-18-20-36(21-19-35)40-11-7-12-47-44-9-5-6-13-51(44)58-54(40)47/h3-32H,1-2H3. The molecule has 0 saturated heterocycles. The van der Waals surface area contributed by atoms with Gasteiger partial charge in [0.1, 0.15) is 11.2 Å². The number of rotatable bonds is 4. The summed E-state index contributed by atoms with van der Waals surface area (Å²) >= 11 is 0. The van der Waals surface area contributed by atoms with Crippen molar-refractivity contribution >= 4 is 54.5 Å². The summed E-state index contributed by atoms with van der Waals surface area (Å²) in [5.74, 6) is 0. The van der Waals surface area contributed by atoms with Crippen LogP contribution < -0.4 is 0 Å². The van der Waals surface area contributed by atoms with Crippen LogP contribution in [0.15, 0.2) is 187 Å². The van der Waals surface area contributed by atoms with Gasteiger partial charge in [-0.15, -0.1) is 0 Å². The van der Waals surface area contributed by atoms with Gasteiger partial charge in [0.05, 0.1) is 11.0 Å². The van der Waals surface area contributed by atoms with Crippen LogP contribution in [-0.2, 0) is 5.41 Å². The molecule has 3 heteroatoms. The monoisotopic (exact) mass is 740 g/mol. The quantitative estimate of drug-likeness (QED) is 0.169. The third-order valence-electron chi connectivity index (χ3n) is 12.6. The zero-order valence-electron chi connectivity index (χ0n) is 32.1. The zero-order chi connectivity index (χ0) is 38.5. The summed E-state index contributed by atoms with van der Waals surface area (Å²) in [5.41, 5.74) is 18.5. The van der Waals surface area contributed by atoms with Crippen molar-refractivity contribution in [2.45, 2.75) is 19.3 Å². The molecule has 0 unspecified atom stereocenters. The van der Waals surface area contributed by atoms with E-state index in [-0.39, 0.29) is 5.41 Å². The molecule has 0 saturated carbocycles. The minimum Gasteiger partial charge on any atom is -0.455 e. The molecule has 3 nitrogen and oxygen atoms in total. The molecule has 1 aliphatic carbocycles. The number of hydrogen-bond donors (Lipinski definition) is 0. The minimum atomic E-state index is -0.143. The topological polar surface area (TPSA) is 38.9 Å². The highest BCUT2D eigenvalue weighted by Gasteiger charge is 2.36. The Balaban J connectivity index is 0.844. The number of benzene rings is 9. The van der Waals surface area contributed by atoms with E-state index in [1.165, 1.54) is 66.4 Å². The van der Waals surface area contributed by atoms with Gasteiger partial charge in [-0.1, -0.05) is 159 Å². The highest BCUT2D eigenvalue weighted by molar-refractivity contribution is 6.23. The van der Waals surface area contributed by atoms with Gasteiger partial charge >= 0.3 is 0 Å². The number of hydrogen-bond acceptors (Lipinski definition) is 3. The molecule has 0 spiro atoms. The lowest BCUT2D eigenvalue weighted by atomic mass is 9.80. The van der Waals surface area contributed by atoms with Crippen LogP contribution >= 0.6 is 0 Å². The molecule has 9 aromatic carbocycles. The lowest BCUT2D eigenvalue weighted by Crippen LogP contribution is -2.15. The first-order valence-corrected chi connectivity index (χ1v) is 20.0.